The first kappa shape index (κ1) is 22.3. The molecule has 0 bridgehead atoms. The summed E-state index contributed by atoms with van der Waals surface area (Å²) in [5.74, 6) is 1.03. The molecule has 0 heterocycles. The van der Waals surface area contributed by atoms with E-state index in [1.165, 1.54) is 19.2 Å². The molecule has 0 saturated heterocycles. The Bertz CT molecular complexity index is 1170. The van der Waals surface area contributed by atoms with Crippen LogP contribution in [0, 0.1) is 21.4 Å². The Balaban J connectivity index is 1.87. The first-order chi connectivity index (χ1) is 14.9. The van der Waals surface area contributed by atoms with E-state index in [1.54, 1.807) is 36.4 Å². The molecule has 0 saturated carbocycles. The van der Waals surface area contributed by atoms with Crippen molar-refractivity contribution < 1.29 is 14.4 Å². The van der Waals surface area contributed by atoms with Gasteiger partial charge in [-0.2, -0.15) is 5.26 Å². The molecule has 0 fully saturated rings. The molecule has 0 N–H and O–H groups in total. The number of non-ortho nitro benzene ring substituents is 1. The lowest BCUT2D eigenvalue weighted by Gasteiger charge is -2.14. The van der Waals surface area contributed by atoms with Crippen LogP contribution in [0.15, 0.2) is 65.1 Å². The van der Waals surface area contributed by atoms with Gasteiger partial charge in [-0.3, -0.25) is 10.1 Å². The van der Waals surface area contributed by atoms with Gasteiger partial charge < -0.3 is 9.47 Å². The summed E-state index contributed by atoms with van der Waals surface area (Å²) >= 11 is 9.42. The number of rotatable bonds is 7. The second-order valence-electron chi connectivity index (χ2n) is 6.42. The van der Waals surface area contributed by atoms with E-state index in [0.717, 1.165) is 5.56 Å². The summed E-state index contributed by atoms with van der Waals surface area (Å²) in [5, 5.41) is 21.1. The Morgan fingerprint density at radius 1 is 1.19 bits per heavy atom. The molecule has 0 aromatic heterocycles. The van der Waals surface area contributed by atoms with E-state index in [4.69, 9.17) is 21.1 Å². The average molecular weight is 500 g/mol. The van der Waals surface area contributed by atoms with Crippen LogP contribution in [-0.4, -0.2) is 12.0 Å². The number of nitro groups is 1. The minimum atomic E-state index is -0.482. The topological polar surface area (TPSA) is 85.4 Å². The lowest BCUT2D eigenvalue weighted by Crippen LogP contribution is -1.99. The van der Waals surface area contributed by atoms with E-state index in [1.807, 2.05) is 18.2 Å². The van der Waals surface area contributed by atoms with Gasteiger partial charge >= 0.3 is 0 Å². The Morgan fingerprint density at radius 2 is 1.87 bits per heavy atom. The highest BCUT2D eigenvalue weighted by Crippen LogP contribution is 2.38. The smallest absolute Gasteiger partial charge is 0.269 e. The number of halogens is 2. The maximum atomic E-state index is 10.8. The number of methoxy groups -OCH3 is 1. The molecule has 0 spiro atoms. The standard InChI is InChI=1S/C23H16BrClN2O4/c1-30-22-12-16(10-18(13-26)17-4-8-20(9-5-17)27(28)29)11-21(24)23(22)31-14-15-2-6-19(25)7-3-15/h2-12H,14H2,1H3/b18-10-. The number of hydrogen-bond donors (Lipinski definition) is 0. The quantitative estimate of drug-likeness (QED) is 0.157. The maximum absolute atomic E-state index is 10.8. The van der Waals surface area contributed by atoms with Gasteiger partial charge in [0.05, 0.1) is 28.1 Å². The van der Waals surface area contributed by atoms with E-state index in [-0.39, 0.29) is 5.69 Å². The number of nitro benzene ring substituents is 1. The van der Waals surface area contributed by atoms with Crippen LogP contribution in [-0.2, 0) is 6.61 Å². The van der Waals surface area contributed by atoms with Crippen molar-refractivity contribution >= 4 is 44.9 Å². The second-order valence-corrected chi connectivity index (χ2v) is 7.71. The third-order valence-corrected chi connectivity index (χ3v) is 5.21. The highest BCUT2D eigenvalue weighted by molar-refractivity contribution is 9.10. The Morgan fingerprint density at radius 3 is 2.45 bits per heavy atom. The van der Waals surface area contributed by atoms with Crippen LogP contribution in [0.1, 0.15) is 16.7 Å². The van der Waals surface area contributed by atoms with Crippen molar-refractivity contribution in [3.8, 4) is 17.6 Å². The first-order valence-electron chi connectivity index (χ1n) is 9.02. The number of benzene rings is 3. The lowest BCUT2D eigenvalue weighted by molar-refractivity contribution is -0.384. The van der Waals surface area contributed by atoms with Crippen molar-refractivity contribution in [2.24, 2.45) is 0 Å². The van der Waals surface area contributed by atoms with E-state index < -0.39 is 4.92 Å². The number of nitriles is 1. The van der Waals surface area contributed by atoms with Crippen molar-refractivity contribution in [3.63, 3.8) is 0 Å². The zero-order valence-corrected chi connectivity index (χ0v) is 18.7. The fraction of sp³-hybridized carbons (Fsp3) is 0.0870. The van der Waals surface area contributed by atoms with Crippen LogP contribution in [0.4, 0.5) is 5.69 Å². The van der Waals surface area contributed by atoms with E-state index >= 15 is 0 Å². The van der Waals surface area contributed by atoms with Gasteiger partial charge in [-0.1, -0.05) is 23.7 Å². The average Bonchev–Trinajstić information content (AvgIpc) is 2.77. The summed E-state index contributed by atoms with van der Waals surface area (Å²) < 4.78 is 12.1. The predicted octanol–water partition coefficient (Wildman–Crippen LogP) is 6.66. The molecular formula is C23H16BrClN2O4. The highest BCUT2D eigenvalue weighted by Gasteiger charge is 2.13. The predicted molar refractivity (Wildman–Crippen MR) is 123 cm³/mol. The van der Waals surface area contributed by atoms with Gasteiger partial charge in [0.1, 0.15) is 6.61 Å². The zero-order valence-electron chi connectivity index (χ0n) is 16.3. The molecule has 31 heavy (non-hydrogen) atoms. The fourth-order valence-electron chi connectivity index (χ4n) is 2.81. The zero-order chi connectivity index (χ0) is 22.4. The van der Waals surface area contributed by atoms with E-state index in [9.17, 15) is 15.4 Å². The molecule has 0 aliphatic carbocycles. The summed E-state index contributed by atoms with van der Waals surface area (Å²) in [6.45, 7) is 0.327. The van der Waals surface area contributed by atoms with Crippen LogP contribution in [0.3, 0.4) is 0 Å². The number of hydrogen-bond acceptors (Lipinski definition) is 5. The van der Waals surface area contributed by atoms with Crippen LogP contribution in [0.25, 0.3) is 11.6 Å². The summed E-state index contributed by atoms with van der Waals surface area (Å²) in [7, 11) is 1.53. The molecule has 3 aromatic carbocycles. The van der Waals surface area contributed by atoms with Crippen molar-refractivity contribution in [2.45, 2.75) is 6.61 Å². The van der Waals surface area contributed by atoms with Gasteiger partial charge in [0.2, 0.25) is 0 Å². The van der Waals surface area contributed by atoms with Crippen molar-refractivity contribution in [2.75, 3.05) is 7.11 Å². The molecule has 0 radical (unpaired) electrons. The monoisotopic (exact) mass is 498 g/mol. The van der Waals surface area contributed by atoms with Crippen LogP contribution in [0.2, 0.25) is 5.02 Å². The van der Waals surface area contributed by atoms with Crippen LogP contribution < -0.4 is 9.47 Å². The second kappa shape index (κ2) is 10.1. The Kier molecular flexibility index (Phi) is 7.29. The third kappa shape index (κ3) is 5.63. The van der Waals surface area contributed by atoms with Gasteiger partial charge in [0.25, 0.3) is 5.69 Å². The molecule has 3 rings (SSSR count). The van der Waals surface area contributed by atoms with Crippen LogP contribution >= 0.6 is 27.5 Å². The first-order valence-corrected chi connectivity index (χ1v) is 10.2. The SMILES string of the molecule is COc1cc(/C=C(/C#N)c2ccc([N+](=O)[O-])cc2)cc(Br)c1OCc1ccc(Cl)cc1. The van der Waals surface area contributed by atoms with E-state index in [2.05, 4.69) is 22.0 Å². The highest BCUT2D eigenvalue weighted by atomic mass is 79.9. The summed E-state index contributed by atoms with van der Waals surface area (Å²) in [5.41, 5.74) is 2.56. The van der Waals surface area contributed by atoms with Gasteiger partial charge in [-0.05, 0) is 75.1 Å². The van der Waals surface area contributed by atoms with Gasteiger partial charge in [0.15, 0.2) is 11.5 Å². The van der Waals surface area contributed by atoms with Crippen molar-refractivity contribution in [1.29, 1.82) is 5.26 Å². The Labute approximate surface area is 192 Å². The number of ether oxygens (including phenoxy) is 2. The molecule has 0 amide bonds. The Hall–Kier alpha value is -3.34. The molecule has 8 heteroatoms. The molecule has 0 aliphatic heterocycles. The molecule has 3 aromatic rings. The van der Waals surface area contributed by atoms with Gasteiger partial charge in [-0.15, -0.1) is 0 Å². The van der Waals surface area contributed by atoms with Crippen molar-refractivity contribution in [1.82, 2.24) is 0 Å². The largest absolute Gasteiger partial charge is 0.493 e. The van der Waals surface area contributed by atoms with Crippen molar-refractivity contribution in [3.05, 3.63) is 97.0 Å². The maximum Gasteiger partial charge on any atom is 0.269 e. The fourth-order valence-corrected chi connectivity index (χ4v) is 3.51. The molecule has 156 valence electrons. The summed E-state index contributed by atoms with van der Waals surface area (Å²) in [6.07, 6.45) is 1.68. The normalized spacial score (nSPS) is 11.0. The molecular weight excluding hydrogens is 484 g/mol. The molecule has 6 nitrogen and oxygen atoms in total. The van der Waals surface area contributed by atoms with Gasteiger partial charge in [0, 0.05) is 17.2 Å². The number of allylic oxidation sites excluding steroid dienone is 1. The molecule has 0 unspecified atom stereocenters. The third-order valence-electron chi connectivity index (χ3n) is 4.37. The van der Waals surface area contributed by atoms with Gasteiger partial charge in [-0.25, -0.2) is 0 Å². The lowest BCUT2D eigenvalue weighted by atomic mass is 10.0. The minimum absolute atomic E-state index is 0.0346. The molecule has 0 aliphatic rings. The minimum Gasteiger partial charge on any atom is -0.493 e. The summed E-state index contributed by atoms with van der Waals surface area (Å²) in [6, 6.07) is 18.9. The van der Waals surface area contributed by atoms with Crippen LogP contribution in [0.5, 0.6) is 11.5 Å². The molecule has 0 atom stereocenters. The summed E-state index contributed by atoms with van der Waals surface area (Å²) in [4.78, 5) is 10.3. The van der Waals surface area contributed by atoms with E-state index in [0.29, 0.717) is 44.3 Å². The number of nitrogens with zero attached hydrogens (tertiary/aromatic N) is 2.